The molecule has 0 aromatic rings. The quantitative estimate of drug-likeness (QED) is 0.745. The Hall–Kier alpha value is -0.650. The van der Waals surface area contributed by atoms with Crippen molar-refractivity contribution in [1.29, 1.82) is 0 Å². The lowest BCUT2D eigenvalue weighted by Gasteiger charge is -2.37. The van der Waals surface area contributed by atoms with Crippen molar-refractivity contribution in [3.05, 3.63) is 0 Å². The first kappa shape index (κ1) is 13.8. The Bertz CT molecular complexity index is 284. The van der Waals surface area contributed by atoms with E-state index in [1.807, 2.05) is 0 Å². The molecule has 0 aromatic heterocycles. The van der Waals surface area contributed by atoms with Gasteiger partial charge in [0.15, 0.2) is 0 Å². The van der Waals surface area contributed by atoms with E-state index in [0.717, 1.165) is 25.9 Å². The molecular formula is C13H24N2O3. The van der Waals surface area contributed by atoms with E-state index < -0.39 is 5.60 Å². The van der Waals surface area contributed by atoms with Gasteiger partial charge in [0.1, 0.15) is 0 Å². The molecule has 0 spiro atoms. The molecule has 2 fully saturated rings. The lowest BCUT2D eigenvalue weighted by atomic mass is 9.92. The molecule has 0 aliphatic carbocycles. The zero-order valence-corrected chi connectivity index (χ0v) is 11.2. The van der Waals surface area contributed by atoms with Gasteiger partial charge in [-0.15, -0.1) is 0 Å². The zero-order chi connectivity index (χ0) is 13.0. The van der Waals surface area contributed by atoms with Gasteiger partial charge in [0, 0.05) is 46.2 Å². The average molecular weight is 256 g/mol. The highest BCUT2D eigenvalue weighted by atomic mass is 16.5. The predicted molar refractivity (Wildman–Crippen MR) is 68.2 cm³/mol. The molecule has 2 rings (SSSR count). The molecule has 0 bridgehead atoms. The number of piperidine rings is 1. The Morgan fingerprint density at radius 1 is 1.50 bits per heavy atom. The smallest absolute Gasteiger partial charge is 0.226 e. The van der Waals surface area contributed by atoms with E-state index in [2.05, 4.69) is 5.32 Å². The largest absolute Gasteiger partial charge is 0.388 e. The lowest BCUT2D eigenvalue weighted by Crippen LogP contribution is -2.50. The molecule has 18 heavy (non-hydrogen) atoms. The number of nitrogens with one attached hydrogen (secondary N) is 1. The van der Waals surface area contributed by atoms with Crippen LogP contribution in [0, 0.1) is 5.92 Å². The van der Waals surface area contributed by atoms with Crippen LogP contribution in [0.2, 0.25) is 0 Å². The van der Waals surface area contributed by atoms with Crippen LogP contribution in [0.1, 0.15) is 25.7 Å². The van der Waals surface area contributed by atoms with Crippen LogP contribution >= 0.6 is 0 Å². The van der Waals surface area contributed by atoms with Gasteiger partial charge in [-0.2, -0.15) is 0 Å². The molecule has 0 radical (unpaired) electrons. The number of ether oxygens (including phenoxy) is 1. The molecule has 0 saturated carbocycles. The maximum atomic E-state index is 12.3. The van der Waals surface area contributed by atoms with Crippen LogP contribution in [0.3, 0.4) is 0 Å². The molecule has 2 saturated heterocycles. The van der Waals surface area contributed by atoms with E-state index in [9.17, 15) is 9.90 Å². The molecule has 2 aliphatic rings. The Balaban J connectivity index is 1.85. The Labute approximate surface area is 108 Å². The van der Waals surface area contributed by atoms with Crippen LogP contribution in [-0.2, 0) is 9.53 Å². The highest BCUT2D eigenvalue weighted by molar-refractivity contribution is 5.79. The summed E-state index contributed by atoms with van der Waals surface area (Å²) in [7, 11) is 1.80. The van der Waals surface area contributed by atoms with Crippen LogP contribution in [0.4, 0.5) is 0 Å². The van der Waals surface area contributed by atoms with Crippen LogP contribution in [-0.4, -0.2) is 61.4 Å². The van der Waals surface area contributed by atoms with Gasteiger partial charge in [-0.3, -0.25) is 4.79 Å². The highest BCUT2D eigenvalue weighted by Crippen LogP contribution is 2.22. The fraction of sp³-hybridized carbons (Fsp3) is 0.923. The first-order valence-corrected chi connectivity index (χ1v) is 6.87. The number of hydrogen-bond acceptors (Lipinski definition) is 4. The van der Waals surface area contributed by atoms with Crippen LogP contribution in [0.25, 0.3) is 0 Å². The number of nitrogens with zero attached hydrogens (tertiary/aromatic N) is 1. The molecular weight excluding hydrogens is 232 g/mol. The maximum absolute atomic E-state index is 12.3. The van der Waals surface area contributed by atoms with Gasteiger partial charge in [0.2, 0.25) is 5.91 Å². The number of carbonyl (C=O) groups excluding carboxylic acids is 1. The summed E-state index contributed by atoms with van der Waals surface area (Å²) in [5.41, 5.74) is -0.759. The third-order valence-electron chi connectivity index (χ3n) is 3.98. The summed E-state index contributed by atoms with van der Waals surface area (Å²) in [6.07, 6.45) is 3.25. The summed E-state index contributed by atoms with van der Waals surface area (Å²) < 4.78 is 5.25. The monoisotopic (exact) mass is 256 g/mol. The van der Waals surface area contributed by atoms with E-state index in [1.54, 1.807) is 11.9 Å². The summed E-state index contributed by atoms with van der Waals surface area (Å²) in [5, 5.41) is 13.7. The van der Waals surface area contributed by atoms with Gasteiger partial charge < -0.3 is 20.1 Å². The lowest BCUT2D eigenvalue weighted by molar-refractivity contribution is -0.141. The fourth-order valence-corrected chi connectivity index (χ4v) is 2.80. The summed E-state index contributed by atoms with van der Waals surface area (Å²) in [6, 6.07) is 0. The summed E-state index contributed by atoms with van der Waals surface area (Å²) in [6.45, 7) is 3.37. The topological polar surface area (TPSA) is 61.8 Å². The Kier molecular flexibility index (Phi) is 4.59. The van der Waals surface area contributed by atoms with Crippen molar-refractivity contribution in [3.8, 4) is 0 Å². The van der Waals surface area contributed by atoms with Crippen molar-refractivity contribution in [2.75, 3.05) is 39.9 Å². The van der Waals surface area contributed by atoms with Crippen molar-refractivity contribution in [1.82, 2.24) is 10.2 Å². The molecule has 0 unspecified atom stereocenters. The van der Waals surface area contributed by atoms with Gasteiger partial charge in [-0.1, -0.05) is 0 Å². The number of hydrogen-bond donors (Lipinski definition) is 2. The third kappa shape index (κ3) is 3.43. The minimum Gasteiger partial charge on any atom is -0.388 e. The van der Waals surface area contributed by atoms with E-state index in [4.69, 9.17) is 4.74 Å². The Morgan fingerprint density at radius 3 is 2.83 bits per heavy atom. The maximum Gasteiger partial charge on any atom is 0.226 e. The first-order chi connectivity index (χ1) is 8.61. The molecule has 2 N–H and O–H groups in total. The Morgan fingerprint density at radius 2 is 2.22 bits per heavy atom. The second-order valence-electron chi connectivity index (χ2n) is 5.57. The van der Waals surface area contributed by atoms with Gasteiger partial charge in [-0.05, 0) is 19.4 Å². The third-order valence-corrected chi connectivity index (χ3v) is 3.98. The number of likely N-dealkylation sites (N-methyl/N-ethyl adjacent to an activating group) is 1. The molecule has 2 aliphatic heterocycles. The van der Waals surface area contributed by atoms with Crippen LogP contribution in [0.5, 0.6) is 0 Å². The molecule has 104 valence electrons. The minimum atomic E-state index is -0.759. The standard InChI is InChI=1S/C13H24N2O3/c1-15(10-13(17)4-7-18-8-5-13)12(16)11-3-2-6-14-9-11/h11,14,17H,2-10H2,1H3/t11-/m0/s1. The van der Waals surface area contributed by atoms with E-state index >= 15 is 0 Å². The molecule has 0 aromatic carbocycles. The van der Waals surface area contributed by atoms with Gasteiger partial charge in [-0.25, -0.2) is 0 Å². The van der Waals surface area contributed by atoms with Crippen molar-refractivity contribution in [3.63, 3.8) is 0 Å². The molecule has 2 heterocycles. The van der Waals surface area contributed by atoms with E-state index in [0.29, 0.717) is 32.6 Å². The van der Waals surface area contributed by atoms with Crippen molar-refractivity contribution >= 4 is 5.91 Å². The highest BCUT2D eigenvalue weighted by Gasteiger charge is 2.34. The zero-order valence-electron chi connectivity index (χ0n) is 11.2. The summed E-state index contributed by atoms with van der Waals surface area (Å²) in [5.74, 6) is 0.231. The molecule has 1 atom stereocenters. The normalized spacial score (nSPS) is 27.8. The molecule has 1 amide bonds. The fourth-order valence-electron chi connectivity index (χ4n) is 2.80. The predicted octanol–water partition coefficient (Wildman–Crippen LogP) is -0.0141. The number of rotatable bonds is 3. The second-order valence-corrected chi connectivity index (χ2v) is 5.57. The van der Waals surface area contributed by atoms with Crippen LogP contribution in [0.15, 0.2) is 0 Å². The van der Waals surface area contributed by atoms with Gasteiger partial charge in [0.25, 0.3) is 0 Å². The number of amides is 1. The van der Waals surface area contributed by atoms with Crippen molar-refractivity contribution in [2.45, 2.75) is 31.3 Å². The van der Waals surface area contributed by atoms with Gasteiger partial charge in [0.05, 0.1) is 11.5 Å². The van der Waals surface area contributed by atoms with E-state index in [1.165, 1.54) is 0 Å². The first-order valence-electron chi connectivity index (χ1n) is 6.87. The summed E-state index contributed by atoms with van der Waals surface area (Å²) in [4.78, 5) is 14.0. The van der Waals surface area contributed by atoms with Gasteiger partial charge >= 0.3 is 0 Å². The van der Waals surface area contributed by atoms with Crippen molar-refractivity contribution in [2.24, 2.45) is 5.92 Å². The average Bonchev–Trinajstić information content (AvgIpc) is 2.39. The molecule has 5 nitrogen and oxygen atoms in total. The second kappa shape index (κ2) is 5.99. The van der Waals surface area contributed by atoms with Crippen molar-refractivity contribution < 1.29 is 14.6 Å². The summed E-state index contributed by atoms with van der Waals surface area (Å²) >= 11 is 0. The van der Waals surface area contributed by atoms with E-state index in [-0.39, 0.29) is 11.8 Å². The number of aliphatic hydroxyl groups is 1. The number of carbonyl (C=O) groups is 1. The SMILES string of the molecule is CN(CC1(O)CCOCC1)C(=O)[C@H]1CCCNC1. The van der Waals surface area contributed by atoms with Crippen LogP contribution < -0.4 is 5.32 Å². The minimum absolute atomic E-state index is 0.0761. The molecule has 5 heteroatoms.